The van der Waals surface area contributed by atoms with E-state index in [2.05, 4.69) is 9.97 Å². The van der Waals surface area contributed by atoms with Gasteiger partial charge < -0.3 is 5.73 Å². The molecule has 2 aromatic rings. The monoisotopic (exact) mass is 299 g/mol. The molecule has 0 bridgehead atoms. The summed E-state index contributed by atoms with van der Waals surface area (Å²) in [5.41, 5.74) is 5.99. The van der Waals surface area contributed by atoms with Crippen molar-refractivity contribution in [3.63, 3.8) is 0 Å². The van der Waals surface area contributed by atoms with Crippen molar-refractivity contribution in [2.45, 2.75) is 19.4 Å². The highest BCUT2D eigenvalue weighted by Crippen LogP contribution is 2.28. The van der Waals surface area contributed by atoms with Crippen LogP contribution in [0, 0.1) is 5.82 Å². The van der Waals surface area contributed by atoms with Crippen LogP contribution in [-0.4, -0.2) is 15.8 Å². The Morgan fingerprint density at radius 3 is 2.85 bits per heavy atom. The first-order valence-corrected chi connectivity index (χ1v) is 6.48. The Morgan fingerprint density at radius 1 is 1.50 bits per heavy atom. The number of hydrogen-bond acceptors (Lipinski definition) is 4. The van der Waals surface area contributed by atoms with Crippen LogP contribution < -0.4 is 5.73 Å². The van der Waals surface area contributed by atoms with E-state index in [4.69, 9.17) is 17.3 Å². The molecule has 20 heavy (non-hydrogen) atoms. The third-order valence-electron chi connectivity index (χ3n) is 3.00. The molecule has 0 fully saturated rings. The summed E-state index contributed by atoms with van der Waals surface area (Å²) >= 11 is 5.95. The molecule has 1 aromatic carbocycles. The smallest absolute Gasteiger partial charge is 0.215 e. The number of rotatable bonds is 4. The molecular weight excluding hydrogens is 281 g/mol. The molecular formula is C14H19ClFN3O. The van der Waals surface area contributed by atoms with Gasteiger partial charge >= 0.3 is 0 Å². The van der Waals surface area contributed by atoms with Crippen molar-refractivity contribution in [3.8, 4) is 0 Å². The molecule has 1 aromatic heterocycles. The molecule has 4 nitrogen and oxygen atoms in total. The van der Waals surface area contributed by atoms with Crippen molar-refractivity contribution < 1.29 is 13.5 Å². The number of aromatic nitrogens is 2. The molecule has 0 amide bonds. The Hall–Kier alpha value is -1.85. The summed E-state index contributed by atoms with van der Waals surface area (Å²) in [6.45, 7) is 1.84. The summed E-state index contributed by atoms with van der Waals surface area (Å²) < 4.78 is 14.5. The van der Waals surface area contributed by atoms with Crippen molar-refractivity contribution in [2.24, 2.45) is 5.73 Å². The summed E-state index contributed by atoms with van der Waals surface area (Å²) in [6, 6.07) is 3.90. The maximum atomic E-state index is 14.5. The van der Waals surface area contributed by atoms with Crippen LogP contribution in [0.5, 0.6) is 0 Å². The number of carbonyl (C=O) groups excluding carboxylic acids is 1. The zero-order valence-corrected chi connectivity index (χ0v) is 11.6. The van der Waals surface area contributed by atoms with E-state index < -0.39 is 17.6 Å². The average molecular weight is 300 g/mol. The zero-order valence-electron chi connectivity index (χ0n) is 10.8. The number of carbonyl (C=O) groups is 1. The largest absolute Gasteiger partial charge is 0.324 e. The molecule has 0 aliphatic carbocycles. The number of nitrogens with zero attached hydrogens (tertiary/aromatic N) is 2. The lowest BCUT2D eigenvalue weighted by atomic mass is 9.98. The SMILES string of the molecule is CC[C@@H](N)c1ccc(Cl)c(C(=O)c2ccncn2)c1F.[HH].[HH].[HH]. The second-order valence-electron chi connectivity index (χ2n) is 4.26. The summed E-state index contributed by atoms with van der Waals surface area (Å²) in [7, 11) is 0. The first-order valence-electron chi connectivity index (χ1n) is 6.10. The molecule has 0 unspecified atom stereocenters. The minimum absolute atomic E-state index is 0. The first-order chi connectivity index (χ1) is 9.56. The number of halogens is 2. The fourth-order valence-electron chi connectivity index (χ4n) is 1.84. The highest BCUT2D eigenvalue weighted by Gasteiger charge is 2.23. The normalized spacial score (nSPS) is 12.2. The van der Waals surface area contributed by atoms with E-state index in [0.717, 1.165) is 0 Å². The maximum Gasteiger partial charge on any atom is 0.215 e. The van der Waals surface area contributed by atoms with Gasteiger partial charge in [0.25, 0.3) is 0 Å². The van der Waals surface area contributed by atoms with Crippen LogP contribution in [0.1, 0.15) is 45.3 Å². The molecule has 0 radical (unpaired) electrons. The standard InChI is InChI=1S/C14H13ClFN3O.3H2/c1-2-10(17)8-3-4-9(15)12(13(8)16)14(20)11-5-6-18-7-19-11;;;/h3-7,10H,2,17H2,1H3;3*1H/t10-;;;/m1.../s1. The number of nitrogens with two attached hydrogens (primary N) is 1. The van der Waals surface area contributed by atoms with Gasteiger partial charge in [-0.25, -0.2) is 14.4 Å². The predicted molar refractivity (Wildman–Crippen MR) is 80.4 cm³/mol. The minimum Gasteiger partial charge on any atom is -0.324 e. The van der Waals surface area contributed by atoms with Crippen LogP contribution in [0.15, 0.2) is 30.7 Å². The molecule has 1 heterocycles. The van der Waals surface area contributed by atoms with Gasteiger partial charge in [0, 0.05) is 22.1 Å². The van der Waals surface area contributed by atoms with Gasteiger partial charge in [-0.15, -0.1) is 0 Å². The van der Waals surface area contributed by atoms with Crippen LogP contribution in [-0.2, 0) is 0 Å². The Kier molecular flexibility index (Phi) is 4.42. The van der Waals surface area contributed by atoms with Gasteiger partial charge in [-0.1, -0.05) is 24.6 Å². The molecule has 1 atom stereocenters. The first kappa shape index (κ1) is 14.6. The highest BCUT2D eigenvalue weighted by atomic mass is 35.5. The Labute approximate surface area is 125 Å². The minimum atomic E-state index is -0.685. The zero-order chi connectivity index (χ0) is 14.7. The van der Waals surface area contributed by atoms with Gasteiger partial charge in [-0.05, 0) is 18.6 Å². The van der Waals surface area contributed by atoms with E-state index in [0.29, 0.717) is 6.42 Å². The van der Waals surface area contributed by atoms with Gasteiger partial charge in [0.05, 0.1) is 10.6 Å². The number of ketones is 1. The van der Waals surface area contributed by atoms with Crippen molar-refractivity contribution in [1.82, 2.24) is 9.97 Å². The van der Waals surface area contributed by atoms with Crippen LogP contribution in [0.25, 0.3) is 0 Å². The topological polar surface area (TPSA) is 68.9 Å². The van der Waals surface area contributed by atoms with Crippen molar-refractivity contribution >= 4 is 17.4 Å². The molecule has 0 saturated heterocycles. The van der Waals surface area contributed by atoms with E-state index in [-0.39, 0.29) is 26.1 Å². The van der Waals surface area contributed by atoms with Gasteiger partial charge in [0.15, 0.2) is 0 Å². The van der Waals surface area contributed by atoms with E-state index in [1.165, 1.54) is 30.7 Å². The van der Waals surface area contributed by atoms with Crippen LogP contribution in [0.3, 0.4) is 0 Å². The summed E-state index contributed by atoms with van der Waals surface area (Å²) in [6.07, 6.45) is 3.19. The second-order valence-corrected chi connectivity index (χ2v) is 4.67. The lowest BCUT2D eigenvalue weighted by molar-refractivity contribution is 0.103. The summed E-state index contributed by atoms with van der Waals surface area (Å²) in [5.74, 6) is -1.27. The lowest BCUT2D eigenvalue weighted by Crippen LogP contribution is -2.15. The van der Waals surface area contributed by atoms with E-state index in [1.54, 1.807) is 0 Å². The van der Waals surface area contributed by atoms with Gasteiger partial charge in [0.1, 0.15) is 17.8 Å². The number of benzene rings is 1. The Balaban J connectivity index is 0. The Bertz CT molecular complexity index is 647. The third kappa shape index (κ3) is 2.69. The average Bonchev–Trinajstić information content (AvgIpc) is 2.47. The molecule has 6 heteroatoms. The van der Waals surface area contributed by atoms with Crippen molar-refractivity contribution in [3.05, 3.63) is 58.4 Å². The highest BCUT2D eigenvalue weighted by molar-refractivity contribution is 6.34. The molecule has 0 aliphatic heterocycles. The maximum absolute atomic E-state index is 14.5. The van der Waals surface area contributed by atoms with E-state index >= 15 is 0 Å². The van der Waals surface area contributed by atoms with E-state index in [9.17, 15) is 9.18 Å². The predicted octanol–water partition coefficient (Wildman–Crippen LogP) is 3.65. The molecule has 0 spiro atoms. The molecule has 110 valence electrons. The van der Waals surface area contributed by atoms with Gasteiger partial charge in [-0.3, -0.25) is 4.79 Å². The van der Waals surface area contributed by atoms with Crippen LogP contribution in [0.2, 0.25) is 5.02 Å². The van der Waals surface area contributed by atoms with Crippen molar-refractivity contribution in [2.75, 3.05) is 0 Å². The van der Waals surface area contributed by atoms with Crippen LogP contribution in [0.4, 0.5) is 4.39 Å². The third-order valence-corrected chi connectivity index (χ3v) is 3.32. The number of hydrogen-bond donors (Lipinski definition) is 1. The van der Waals surface area contributed by atoms with Crippen molar-refractivity contribution in [1.29, 1.82) is 0 Å². The molecule has 2 rings (SSSR count). The van der Waals surface area contributed by atoms with Gasteiger partial charge in [-0.2, -0.15) is 0 Å². The quantitative estimate of drug-likeness (QED) is 0.875. The molecule has 0 saturated carbocycles. The fourth-order valence-corrected chi connectivity index (χ4v) is 2.07. The second kappa shape index (κ2) is 6.07. The molecule has 2 N–H and O–H groups in total. The summed E-state index contributed by atoms with van der Waals surface area (Å²) in [5, 5.41) is 0.0400. The van der Waals surface area contributed by atoms with Gasteiger partial charge in [0.2, 0.25) is 5.78 Å². The fraction of sp³-hybridized carbons (Fsp3) is 0.214. The summed E-state index contributed by atoms with van der Waals surface area (Å²) in [4.78, 5) is 19.8. The Morgan fingerprint density at radius 2 is 2.25 bits per heavy atom. The molecule has 0 aliphatic rings. The van der Waals surface area contributed by atoms with E-state index in [1.807, 2.05) is 6.92 Å². The lowest BCUT2D eigenvalue weighted by Gasteiger charge is -2.13. The van der Waals surface area contributed by atoms with Crippen LogP contribution >= 0.6 is 11.6 Å².